The number of nitrogens with zero attached hydrogens (tertiary/aromatic N) is 1. The van der Waals surface area contributed by atoms with E-state index in [0.29, 0.717) is 30.2 Å². The normalized spacial score (nSPS) is 16.1. The fourth-order valence-corrected chi connectivity index (χ4v) is 3.74. The molecule has 6 heteroatoms. The number of hydrogen-bond donors (Lipinski definition) is 1. The van der Waals surface area contributed by atoms with Gasteiger partial charge < -0.3 is 24.2 Å². The zero-order valence-corrected chi connectivity index (χ0v) is 19.2. The molecule has 4 rings (SSSR count). The molecule has 1 amide bonds. The predicted octanol–water partition coefficient (Wildman–Crippen LogP) is 4.70. The number of benzene rings is 3. The van der Waals surface area contributed by atoms with Crippen molar-refractivity contribution in [3.05, 3.63) is 72.8 Å². The lowest BCUT2D eigenvalue weighted by Gasteiger charge is -2.21. The van der Waals surface area contributed by atoms with Crippen LogP contribution in [0.1, 0.15) is 20.3 Å². The van der Waals surface area contributed by atoms with E-state index in [1.807, 2.05) is 48.5 Å². The van der Waals surface area contributed by atoms with Gasteiger partial charge in [0.05, 0.1) is 12.7 Å². The minimum Gasteiger partial charge on any atom is -0.493 e. The Labute approximate surface area is 194 Å². The van der Waals surface area contributed by atoms with Gasteiger partial charge in [0, 0.05) is 24.7 Å². The van der Waals surface area contributed by atoms with E-state index in [1.54, 1.807) is 38.0 Å². The van der Waals surface area contributed by atoms with Gasteiger partial charge in [0.25, 0.3) is 5.91 Å². The van der Waals surface area contributed by atoms with E-state index in [1.165, 1.54) is 0 Å². The van der Waals surface area contributed by atoms with E-state index in [-0.39, 0.29) is 12.5 Å². The van der Waals surface area contributed by atoms with Crippen LogP contribution in [0.25, 0.3) is 11.1 Å². The number of ether oxygens (including phenoxy) is 3. The minimum absolute atomic E-state index is 0.0886. The molecule has 1 fully saturated rings. The Hall–Kier alpha value is -3.51. The Bertz CT molecular complexity index is 1090. The highest BCUT2D eigenvalue weighted by molar-refractivity contribution is 5.99. The minimum atomic E-state index is -0.960. The van der Waals surface area contributed by atoms with Crippen molar-refractivity contribution in [2.75, 3.05) is 25.2 Å². The summed E-state index contributed by atoms with van der Waals surface area (Å²) in [4.78, 5) is 14.7. The Morgan fingerprint density at radius 2 is 1.67 bits per heavy atom. The SMILES string of the molecule is COc1cc(N2CC[C@H](Oc3ccc(-c4ccccc4)cc3)C2=O)ccc1OCC(C)(C)O. The average molecular weight is 448 g/mol. The van der Waals surface area contributed by atoms with Crippen LogP contribution in [0.15, 0.2) is 72.8 Å². The van der Waals surface area contributed by atoms with Gasteiger partial charge in [-0.3, -0.25) is 4.79 Å². The zero-order valence-electron chi connectivity index (χ0n) is 19.2. The molecule has 0 spiro atoms. The maximum atomic E-state index is 13.0. The number of hydrogen-bond acceptors (Lipinski definition) is 5. The van der Waals surface area contributed by atoms with Gasteiger partial charge in [-0.05, 0) is 49.2 Å². The molecule has 1 atom stereocenters. The summed E-state index contributed by atoms with van der Waals surface area (Å²) in [6, 6.07) is 23.3. The lowest BCUT2D eigenvalue weighted by atomic mass is 10.1. The van der Waals surface area contributed by atoms with Gasteiger partial charge in [-0.15, -0.1) is 0 Å². The molecule has 1 saturated heterocycles. The van der Waals surface area contributed by atoms with Crippen LogP contribution in [0.3, 0.4) is 0 Å². The first-order valence-electron chi connectivity index (χ1n) is 11.0. The molecule has 0 radical (unpaired) electrons. The molecule has 3 aromatic rings. The maximum Gasteiger partial charge on any atom is 0.268 e. The number of amides is 1. The number of rotatable bonds is 8. The Morgan fingerprint density at radius 3 is 2.33 bits per heavy atom. The molecule has 1 aliphatic heterocycles. The molecule has 0 aliphatic carbocycles. The number of aliphatic hydroxyl groups is 1. The molecule has 33 heavy (non-hydrogen) atoms. The van der Waals surface area contributed by atoms with Gasteiger partial charge >= 0.3 is 0 Å². The summed E-state index contributed by atoms with van der Waals surface area (Å²) in [6.45, 7) is 4.03. The topological polar surface area (TPSA) is 68.2 Å². The predicted molar refractivity (Wildman–Crippen MR) is 128 cm³/mol. The van der Waals surface area contributed by atoms with Crippen molar-refractivity contribution in [1.29, 1.82) is 0 Å². The van der Waals surface area contributed by atoms with Crippen molar-refractivity contribution in [1.82, 2.24) is 0 Å². The van der Waals surface area contributed by atoms with Crippen molar-refractivity contribution in [2.45, 2.75) is 32.0 Å². The summed E-state index contributed by atoms with van der Waals surface area (Å²) >= 11 is 0. The van der Waals surface area contributed by atoms with Crippen molar-refractivity contribution in [3.8, 4) is 28.4 Å². The van der Waals surface area contributed by atoms with E-state index >= 15 is 0 Å². The first kappa shape index (κ1) is 22.7. The van der Waals surface area contributed by atoms with Crippen LogP contribution in [0.4, 0.5) is 5.69 Å². The molecule has 1 heterocycles. The third-order valence-electron chi connectivity index (χ3n) is 5.44. The van der Waals surface area contributed by atoms with Crippen LogP contribution >= 0.6 is 0 Å². The summed E-state index contributed by atoms with van der Waals surface area (Å²) in [5.74, 6) is 1.60. The highest BCUT2D eigenvalue weighted by Gasteiger charge is 2.34. The molecule has 1 N–H and O–H groups in total. The van der Waals surface area contributed by atoms with Crippen LogP contribution in [-0.2, 0) is 4.79 Å². The van der Waals surface area contributed by atoms with E-state index in [2.05, 4.69) is 12.1 Å². The van der Waals surface area contributed by atoms with E-state index in [4.69, 9.17) is 14.2 Å². The second-order valence-electron chi connectivity index (χ2n) is 8.71. The second kappa shape index (κ2) is 9.55. The van der Waals surface area contributed by atoms with Gasteiger partial charge in [0.15, 0.2) is 17.6 Å². The number of anilines is 1. The first-order valence-corrected chi connectivity index (χ1v) is 11.0. The molecule has 0 unspecified atom stereocenters. The van der Waals surface area contributed by atoms with Crippen LogP contribution in [0, 0.1) is 0 Å². The third-order valence-corrected chi connectivity index (χ3v) is 5.44. The molecule has 1 aliphatic rings. The summed E-state index contributed by atoms with van der Waals surface area (Å²) in [5, 5.41) is 9.90. The first-order chi connectivity index (χ1) is 15.8. The molecule has 0 aromatic heterocycles. The molecule has 6 nitrogen and oxygen atoms in total. The summed E-state index contributed by atoms with van der Waals surface area (Å²) in [5.41, 5.74) is 1.99. The molecule has 0 bridgehead atoms. The highest BCUT2D eigenvalue weighted by Crippen LogP contribution is 2.34. The second-order valence-corrected chi connectivity index (χ2v) is 8.71. The molecule has 3 aromatic carbocycles. The highest BCUT2D eigenvalue weighted by atomic mass is 16.5. The summed E-state index contributed by atoms with van der Waals surface area (Å²) in [6.07, 6.45) is 0.0584. The smallest absolute Gasteiger partial charge is 0.268 e. The van der Waals surface area contributed by atoms with Gasteiger partial charge in [0.1, 0.15) is 12.4 Å². The van der Waals surface area contributed by atoms with Crippen LogP contribution in [0.5, 0.6) is 17.2 Å². The average Bonchev–Trinajstić information content (AvgIpc) is 3.18. The van der Waals surface area contributed by atoms with Crippen molar-refractivity contribution in [2.24, 2.45) is 0 Å². The van der Waals surface area contributed by atoms with Crippen molar-refractivity contribution in [3.63, 3.8) is 0 Å². The van der Waals surface area contributed by atoms with Crippen molar-refractivity contribution >= 4 is 11.6 Å². The van der Waals surface area contributed by atoms with Gasteiger partial charge in [-0.1, -0.05) is 42.5 Å². The molecule has 0 saturated carbocycles. The van der Waals surface area contributed by atoms with Gasteiger partial charge in [-0.25, -0.2) is 0 Å². The Morgan fingerprint density at radius 1 is 0.970 bits per heavy atom. The van der Waals surface area contributed by atoms with Crippen molar-refractivity contribution < 1.29 is 24.1 Å². The fourth-order valence-electron chi connectivity index (χ4n) is 3.74. The van der Waals surface area contributed by atoms with Gasteiger partial charge in [-0.2, -0.15) is 0 Å². The van der Waals surface area contributed by atoms with Gasteiger partial charge in [0.2, 0.25) is 0 Å². The number of carbonyl (C=O) groups is 1. The van der Waals surface area contributed by atoms with Crippen LogP contribution < -0.4 is 19.1 Å². The quantitative estimate of drug-likeness (QED) is 0.542. The van der Waals surface area contributed by atoms with E-state index in [0.717, 1.165) is 16.8 Å². The molecular formula is C27H29NO5. The van der Waals surface area contributed by atoms with Crippen LogP contribution in [0.2, 0.25) is 0 Å². The van der Waals surface area contributed by atoms with E-state index in [9.17, 15) is 9.90 Å². The number of carbonyl (C=O) groups excluding carboxylic acids is 1. The molecular weight excluding hydrogens is 418 g/mol. The number of methoxy groups -OCH3 is 1. The maximum absolute atomic E-state index is 13.0. The lowest BCUT2D eigenvalue weighted by molar-refractivity contribution is -0.122. The Balaban J connectivity index is 1.42. The van der Waals surface area contributed by atoms with Crippen LogP contribution in [-0.4, -0.2) is 43.0 Å². The third kappa shape index (κ3) is 5.46. The summed E-state index contributed by atoms with van der Waals surface area (Å²) in [7, 11) is 1.55. The fraction of sp³-hybridized carbons (Fsp3) is 0.296. The molecule has 172 valence electrons. The van der Waals surface area contributed by atoms with E-state index < -0.39 is 11.7 Å². The zero-order chi connectivity index (χ0) is 23.4. The lowest BCUT2D eigenvalue weighted by Crippen LogP contribution is -2.32. The largest absolute Gasteiger partial charge is 0.493 e. The standard InChI is InChI=1S/C27H29NO5/c1-27(2,30)18-32-23-14-11-21(17-25(23)31-3)28-16-15-24(26(28)29)33-22-12-9-20(10-13-22)19-7-5-4-6-8-19/h4-14,17,24,30H,15-16,18H2,1-3H3/t24-/m0/s1. The monoisotopic (exact) mass is 447 g/mol. The summed E-state index contributed by atoms with van der Waals surface area (Å²) < 4.78 is 17.1. The Kier molecular flexibility index (Phi) is 6.56.